The van der Waals surface area contributed by atoms with Crippen LogP contribution in [0.2, 0.25) is 0 Å². The molecule has 0 unspecified atom stereocenters. The van der Waals surface area contributed by atoms with Crippen LogP contribution in [0.15, 0.2) is 42.5 Å². The zero-order valence-corrected chi connectivity index (χ0v) is 17.2. The Morgan fingerprint density at radius 2 is 1.50 bits per heavy atom. The Balaban J connectivity index is 1.80. The van der Waals surface area contributed by atoms with Crippen molar-refractivity contribution < 1.29 is 14.3 Å². The summed E-state index contributed by atoms with van der Waals surface area (Å²) in [6.07, 6.45) is 2.23. The van der Waals surface area contributed by atoms with Gasteiger partial charge in [0.2, 0.25) is 0 Å². The van der Waals surface area contributed by atoms with Gasteiger partial charge in [0.1, 0.15) is 0 Å². The van der Waals surface area contributed by atoms with E-state index in [9.17, 15) is 9.59 Å². The number of esters is 1. The Labute approximate surface area is 166 Å². The average molecular weight is 380 g/mol. The number of fused-ring (bicyclic) bond motifs is 1. The van der Waals surface area contributed by atoms with Gasteiger partial charge < -0.3 is 4.74 Å². The van der Waals surface area contributed by atoms with E-state index in [0.29, 0.717) is 11.1 Å². The van der Waals surface area contributed by atoms with Crippen LogP contribution >= 0.6 is 0 Å². The first-order valence-corrected chi connectivity index (χ1v) is 9.54. The van der Waals surface area contributed by atoms with Gasteiger partial charge in [-0.2, -0.15) is 0 Å². The van der Waals surface area contributed by atoms with Gasteiger partial charge in [0.15, 0.2) is 0 Å². The molecule has 0 saturated heterocycles. The normalized spacial score (nSPS) is 16.6. The number of carbonyl (C=O) groups is 2. The van der Waals surface area contributed by atoms with Crippen molar-refractivity contribution in [2.75, 3.05) is 12.5 Å². The molecule has 2 aromatic rings. The molecule has 2 N–H and O–H groups in total. The minimum absolute atomic E-state index is 0.0291. The number of rotatable bonds is 4. The van der Waals surface area contributed by atoms with Gasteiger partial charge in [0.25, 0.3) is 5.91 Å². The van der Waals surface area contributed by atoms with Gasteiger partial charge in [0, 0.05) is 5.56 Å². The van der Waals surface area contributed by atoms with Gasteiger partial charge in [-0.15, -0.1) is 0 Å². The highest BCUT2D eigenvalue weighted by Gasteiger charge is 2.38. The third-order valence-corrected chi connectivity index (χ3v) is 5.72. The van der Waals surface area contributed by atoms with Gasteiger partial charge in [-0.3, -0.25) is 15.6 Å². The topological polar surface area (TPSA) is 67.4 Å². The monoisotopic (exact) mass is 380 g/mol. The predicted octanol–water partition coefficient (Wildman–Crippen LogP) is 4.58. The Bertz CT molecular complexity index is 899. The highest BCUT2D eigenvalue weighted by Crippen LogP contribution is 2.48. The second-order valence-electron chi connectivity index (χ2n) is 8.64. The number of hydrazine groups is 1. The van der Waals surface area contributed by atoms with Crippen molar-refractivity contribution in [1.29, 1.82) is 0 Å². The van der Waals surface area contributed by atoms with E-state index < -0.39 is 5.97 Å². The molecule has 0 aromatic heterocycles. The Hall–Kier alpha value is -2.82. The summed E-state index contributed by atoms with van der Waals surface area (Å²) >= 11 is 0. The molecule has 1 aliphatic carbocycles. The first-order chi connectivity index (χ1) is 13.2. The molecule has 0 bridgehead atoms. The number of nitrogens with one attached hydrogen (secondary N) is 2. The third kappa shape index (κ3) is 3.75. The molecule has 1 amide bonds. The lowest BCUT2D eigenvalue weighted by Crippen LogP contribution is -2.37. The Kier molecular flexibility index (Phi) is 5.20. The highest BCUT2D eigenvalue weighted by molar-refractivity contribution is 5.96. The number of anilines is 1. The average Bonchev–Trinajstić information content (AvgIpc) is 2.69. The molecule has 5 heteroatoms. The maximum atomic E-state index is 12.5. The lowest BCUT2D eigenvalue weighted by atomic mass is 9.63. The second-order valence-corrected chi connectivity index (χ2v) is 8.64. The summed E-state index contributed by atoms with van der Waals surface area (Å²) in [6.45, 7) is 9.04. The quantitative estimate of drug-likeness (QED) is 0.602. The lowest BCUT2D eigenvalue weighted by molar-refractivity contribution is 0.0600. The van der Waals surface area contributed by atoms with Crippen molar-refractivity contribution in [3.63, 3.8) is 0 Å². The minimum atomic E-state index is -0.425. The molecule has 0 heterocycles. The van der Waals surface area contributed by atoms with E-state index in [2.05, 4.69) is 49.3 Å². The fraction of sp³-hybridized carbons (Fsp3) is 0.391. The molecule has 28 heavy (non-hydrogen) atoms. The van der Waals surface area contributed by atoms with Crippen LogP contribution in [0.4, 0.5) is 5.69 Å². The summed E-state index contributed by atoms with van der Waals surface area (Å²) < 4.78 is 4.68. The fourth-order valence-electron chi connectivity index (χ4n) is 3.91. The van der Waals surface area contributed by atoms with Crippen molar-refractivity contribution in [3.8, 4) is 0 Å². The molecule has 0 atom stereocenters. The van der Waals surface area contributed by atoms with Crippen LogP contribution in [0, 0.1) is 0 Å². The second kappa shape index (κ2) is 7.30. The smallest absolute Gasteiger partial charge is 0.337 e. The van der Waals surface area contributed by atoms with Crippen LogP contribution in [0.1, 0.15) is 72.4 Å². The van der Waals surface area contributed by atoms with E-state index in [4.69, 9.17) is 0 Å². The number of ether oxygens (including phenoxy) is 1. The molecule has 0 fully saturated rings. The molecular formula is C23H28N2O3. The fourth-order valence-corrected chi connectivity index (χ4v) is 3.91. The molecular weight excluding hydrogens is 352 g/mol. The van der Waals surface area contributed by atoms with Gasteiger partial charge in [-0.25, -0.2) is 4.79 Å². The van der Waals surface area contributed by atoms with E-state index in [1.54, 1.807) is 24.3 Å². The number of hydrogen-bond donors (Lipinski definition) is 2. The molecule has 3 rings (SSSR count). The highest BCUT2D eigenvalue weighted by atomic mass is 16.5. The summed E-state index contributed by atoms with van der Waals surface area (Å²) in [4.78, 5) is 24.1. The number of methoxy groups -OCH3 is 1. The van der Waals surface area contributed by atoms with E-state index in [-0.39, 0.29) is 16.7 Å². The van der Waals surface area contributed by atoms with Crippen LogP contribution < -0.4 is 10.9 Å². The number of benzene rings is 2. The van der Waals surface area contributed by atoms with Crippen molar-refractivity contribution in [2.24, 2.45) is 0 Å². The van der Waals surface area contributed by atoms with E-state index in [0.717, 1.165) is 18.5 Å². The molecule has 5 nitrogen and oxygen atoms in total. The van der Waals surface area contributed by atoms with Gasteiger partial charge in [-0.1, -0.05) is 39.8 Å². The van der Waals surface area contributed by atoms with Crippen LogP contribution in [-0.4, -0.2) is 19.0 Å². The Morgan fingerprint density at radius 3 is 2.14 bits per heavy atom. The van der Waals surface area contributed by atoms with Crippen LogP contribution in [0.3, 0.4) is 0 Å². The molecule has 148 valence electrons. The summed E-state index contributed by atoms with van der Waals surface area (Å²) in [6, 6.07) is 12.6. The number of carbonyl (C=O) groups excluding carboxylic acids is 2. The molecule has 0 saturated carbocycles. The maximum absolute atomic E-state index is 12.5. The summed E-state index contributed by atoms with van der Waals surface area (Å²) in [7, 11) is 1.33. The third-order valence-electron chi connectivity index (χ3n) is 5.72. The zero-order valence-electron chi connectivity index (χ0n) is 17.2. The Morgan fingerprint density at radius 1 is 0.893 bits per heavy atom. The van der Waals surface area contributed by atoms with Gasteiger partial charge in [-0.05, 0) is 65.1 Å². The van der Waals surface area contributed by atoms with Crippen LogP contribution in [0.25, 0.3) is 0 Å². The standard InChI is InChI=1S/C23H28N2O3/c1-22(2)13-14-23(3,4)19-17(22)7-6-8-18(19)24-25-20(26)15-9-11-16(12-10-15)21(27)28-5/h6-12,24H,13-14H2,1-5H3,(H,25,26). The van der Waals surface area contributed by atoms with E-state index >= 15 is 0 Å². The van der Waals surface area contributed by atoms with E-state index in [1.807, 2.05) is 12.1 Å². The lowest BCUT2D eigenvalue weighted by Gasteiger charge is -2.42. The minimum Gasteiger partial charge on any atom is -0.465 e. The SMILES string of the molecule is COC(=O)c1ccc(C(=O)NNc2cccc3c2C(C)(C)CCC3(C)C)cc1. The number of amides is 1. The number of hydrogen-bond acceptors (Lipinski definition) is 4. The van der Waals surface area contributed by atoms with E-state index in [1.165, 1.54) is 18.2 Å². The maximum Gasteiger partial charge on any atom is 0.337 e. The first-order valence-electron chi connectivity index (χ1n) is 9.54. The first kappa shape index (κ1) is 19.9. The zero-order chi connectivity index (χ0) is 20.5. The predicted molar refractivity (Wildman–Crippen MR) is 111 cm³/mol. The molecule has 0 radical (unpaired) electrons. The van der Waals surface area contributed by atoms with Crippen molar-refractivity contribution in [2.45, 2.75) is 51.4 Å². The van der Waals surface area contributed by atoms with Crippen molar-refractivity contribution in [1.82, 2.24) is 5.43 Å². The molecule has 2 aromatic carbocycles. The largest absolute Gasteiger partial charge is 0.465 e. The van der Waals surface area contributed by atoms with Crippen LogP contribution in [-0.2, 0) is 15.6 Å². The van der Waals surface area contributed by atoms with Crippen molar-refractivity contribution in [3.05, 3.63) is 64.7 Å². The van der Waals surface area contributed by atoms with Crippen LogP contribution in [0.5, 0.6) is 0 Å². The molecule has 0 spiro atoms. The molecule has 1 aliphatic rings. The van der Waals surface area contributed by atoms with Gasteiger partial charge >= 0.3 is 5.97 Å². The van der Waals surface area contributed by atoms with Crippen molar-refractivity contribution >= 4 is 17.6 Å². The summed E-state index contributed by atoms with van der Waals surface area (Å²) in [5.41, 5.74) is 10.4. The summed E-state index contributed by atoms with van der Waals surface area (Å²) in [5.74, 6) is -0.687. The molecule has 0 aliphatic heterocycles. The van der Waals surface area contributed by atoms with Gasteiger partial charge in [0.05, 0.1) is 18.4 Å². The summed E-state index contributed by atoms with van der Waals surface area (Å²) in [5, 5.41) is 0.